The van der Waals surface area contributed by atoms with Crippen molar-refractivity contribution in [3.63, 3.8) is 0 Å². The minimum absolute atomic E-state index is 0.207. The van der Waals surface area contributed by atoms with Gasteiger partial charge in [0.2, 0.25) is 4.93 Å². The molecule has 0 radical (unpaired) electrons. The van der Waals surface area contributed by atoms with E-state index in [2.05, 4.69) is 17.8 Å². The Hall–Kier alpha value is -1.49. The van der Waals surface area contributed by atoms with Crippen molar-refractivity contribution in [2.24, 2.45) is 5.16 Å². The van der Waals surface area contributed by atoms with E-state index in [1.54, 1.807) is 18.2 Å². The highest BCUT2D eigenvalue weighted by Gasteiger charge is 2.38. The van der Waals surface area contributed by atoms with Crippen molar-refractivity contribution in [1.82, 2.24) is 0 Å². The summed E-state index contributed by atoms with van der Waals surface area (Å²) < 4.78 is 0. The van der Waals surface area contributed by atoms with Gasteiger partial charge in [-0.25, -0.2) is 0 Å². The van der Waals surface area contributed by atoms with Gasteiger partial charge in [0.15, 0.2) is 5.78 Å². The van der Waals surface area contributed by atoms with Crippen LogP contribution in [-0.4, -0.2) is 11.5 Å². The first-order valence-corrected chi connectivity index (χ1v) is 8.75. The summed E-state index contributed by atoms with van der Waals surface area (Å²) in [5.41, 5.74) is 4.40. The van der Waals surface area contributed by atoms with Crippen molar-refractivity contribution in [3.8, 4) is 0 Å². The molecule has 122 valence electrons. The topological polar surface area (TPSA) is 38.7 Å². The van der Waals surface area contributed by atoms with E-state index in [0.717, 1.165) is 34.4 Å². The fourth-order valence-electron chi connectivity index (χ4n) is 3.15. The molecular formula is C18H13Cl2NO2S. The molecule has 0 saturated heterocycles. The molecule has 24 heavy (non-hydrogen) atoms. The molecule has 0 bridgehead atoms. The fraction of sp³-hybridized carbons (Fsp3) is 0.222. The lowest BCUT2D eigenvalue weighted by Crippen LogP contribution is -2.19. The van der Waals surface area contributed by atoms with Crippen LogP contribution in [-0.2, 0) is 16.2 Å². The van der Waals surface area contributed by atoms with Crippen molar-refractivity contribution >= 4 is 47.3 Å². The number of fused-ring (bicyclic) bond motifs is 1. The first kappa shape index (κ1) is 16.0. The van der Waals surface area contributed by atoms with Crippen LogP contribution in [0.4, 0.5) is 0 Å². The Bertz CT molecular complexity index is 876. The zero-order chi connectivity index (χ0) is 16.9. The molecule has 2 aliphatic rings. The Morgan fingerprint density at radius 1 is 1.08 bits per heavy atom. The normalized spacial score (nSPS) is 22.3. The number of carbonyl (C=O) groups is 1. The van der Waals surface area contributed by atoms with E-state index in [-0.39, 0.29) is 5.78 Å². The molecule has 0 saturated carbocycles. The molecule has 0 amide bonds. The van der Waals surface area contributed by atoms with E-state index >= 15 is 0 Å². The van der Waals surface area contributed by atoms with Gasteiger partial charge in [0.1, 0.15) is 0 Å². The number of thiol groups is 1. The predicted molar refractivity (Wildman–Crippen MR) is 98.5 cm³/mol. The van der Waals surface area contributed by atoms with Crippen LogP contribution in [0.2, 0.25) is 10.0 Å². The minimum Gasteiger partial charge on any atom is -0.373 e. The zero-order valence-electron chi connectivity index (χ0n) is 12.6. The van der Waals surface area contributed by atoms with Crippen molar-refractivity contribution in [2.45, 2.75) is 24.2 Å². The minimum atomic E-state index is -0.904. The van der Waals surface area contributed by atoms with Gasteiger partial charge < -0.3 is 4.84 Å². The summed E-state index contributed by atoms with van der Waals surface area (Å²) in [7, 11) is 0. The summed E-state index contributed by atoms with van der Waals surface area (Å²) in [5, 5.41) is 5.26. The third-order valence-electron chi connectivity index (χ3n) is 4.39. The van der Waals surface area contributed by atoms with Gasteiger partial charge in [-0.1, -0.05) is 40.5 Å². The number of carbonyl (C=O) groups excluding carboxylic acids is 1. The molecule has 3 nitrogen and oxygen atoms in total. The van der Waals surface area contributed by atoms with Crippen LogP contribution in [0.15, 0.2) is 41.6 Å². The Kier molecular flexibility index (Phi) is 3.87. The van der Waals surface area contributed by atoms with Gasteiger partial charge in [-0.15, -0.1) is 12.6 Å². The van der Waals surface area contributed by atoms with E-state index in [1.165, 1.54) is 0 Å². The third kappa shape index (κ3) is 2.73. The largest absolute Gasteiger partial charge is 0.373 e. The molecular weight excluding hydrogens is 365 g/mol. The molecule has 1 heterocycles. The Morgan fingerprint density at radius 2 is 1.83 bits per heavy atom. The van der Waals surface area contributed by atoms with Gasteiger partial charge in [-0.05, 0) is 41.8 Å². The third-order valence-corrected chi connectivity index (χ3v) is 5.32. The summed E-state index contributed by atoms with van der Waals surface area (Å²) in [5.74, 6) is 0.207. The number of ketones is 1. The summed E-state index contributed by atoms with van der Waals surface area (Å²) in [4.78, 5) is 16.5. The predicted octanol–water partition coefficient (Wildman–Crippen LogP) is 5.03. The number of nitrogens with zero attached hydrogens (tertiary/aromatic N) is 1. The van der Waals surface area contributed by atoms with Crippen LogP contribution in [0.1, 0.15) is 39.9 Å². The lowest BCUT2D eigenvalue weighted by atomic mass is 9.97. The second kappa shape index (κ2) is 5.80. The highest BCUT2D eigenvalue weighted by molar-refractivity contribution is 7.81. The number of hydrogen-bond acceptors (Lipinski definition) is 4. The maximum Gasteiger partial charge on any atom is 0.211 e. The zero-order valence-corrected chi connectivity index (χ0v) is 15.0. The molecule has 0 aromatic heterocycles. The lowest BCUT2D eigenvalue weighted by Gasteiger charge is -2.21. The monoisotopic (exact) mass is 377 g/mol. The molecule has 0 fully saturated rings. The summed E-state index contributed by atoms with van der Waals surface area (Å²) in [6.07, 6.45) is 1.85. The first-order valence-electron chi connectivity index (χ1n) is 7.55. The quantitative estimate of drug-likeness (QED) is 0.745. The van der Waals surface area contributed by atoms with Gasteiger partial charge >= 0.3 is 0 Å². The molecule has 2 aromatic carbocycles. The van der Waals surface area contributed by atoms with Gasteiger partial charge in [0.05, 0.1) is 12.1 Å². The second-order valence-corrected chi connectivity index (χ2v) is 7.64. The van der Waals surface area contributed by atoms with Gasteiger partial charge in [-0.2, -0.15) is 0 Å². The molecule has 6 heteroatoms. The number of halogens is 2. The Labute approximate surface area is 155 Å². The van der Waals surface area contributed by atoms with E-state index in [4.69, 9.17) is 28.0 Å². The van der Waals surface area contributed by atoms with Crippen LogP contribution in [0, 0.1) is 0 Å². The molecule has 1 atom stereocenters. The Morgan fingerprint density at radius 3 is 2.58 bits per heavy atom. The van der Waals surface area contributed by atoms with Gasteiger partial charge in [0.25, 0.3) is 0 Å². The van der Waals surface area contributed by atoms with Crippen molar-refractivity contribution in [3.05, 3.63) is 68.7 Å². The number of rotatable bonds is 2. The van der Waals surface area contributed by atoms with Gasteiger partial charge in [-0.3, -0.25) is 4.79 Å². The lowest BCUT2D eigenvalue weighted by molar-refractivity contribution is 0.0566. The van der Waals surface area contributed by atoms with E-state index in [0.29, 0.717) is 22.9 Å². The molecule has 2 aromatic rings. The van der Waals surface area contributed by atoms with Crippen LogP contribution in [0.25, 0.3) is 0 Å². The van der Waals surface area contributed by atoms with Crippen LogP contribution >= 0.6 is 35.8 Å². The smallest absolute Gasteiger partial charge is 0.211 e. The maximum atomic E-state index is 11.8. The van der Waals surface area contributed by atoms with E-state index < -0.39 is 4.93 Å². The SMILES string of the molecule is O=C1CCc2cc(C3=NOC(S)(c4cc(Cl)cc(Cl)c4)C3)ccc21. The van der Waals surface area contributed by atoms with Crippen LogP contribution in [0.5, 0.6) is 0 Å². The molecule has 1 aliphatic heterocycles. The van der Waals surface area contributed by atoms with E-state index in [9.17, 15) is 4.79 Å². The van der Waals surface area contributed by atoms with Gasteiger partial charge in [0, 0.05) is 27.6 Å². The molecule has 1 aliphatic carbocycles. The summed E-state index contributed by atoms with van der Waals surface area (Å²) in [6.45, 7) is 0. The highest BCUT2D eigenvalue weighted by Crippen LogP contribution is 2.41. The van der Waals surface area contributed by atoms with Crippen molar-refractivity contribution in [2.75, 3.05) is 0 Å². The van der Waals surface area contributed by atoms with E-state index in [1.807, 2.05) is 18.2 Å². The first-order chi connectivity index (χ1) is 11.4. The number of Topliss-reactive ketones (excluding diaryl/α,β-unsaturated/α-hetero) is 1. The van der Waals surface area contributed by atoms with Crippen molar-refractivity contribution < 1.29 is 9.63 Å². The van der Waals surface area contributed by atoms with Crippen molar-refractivity contribution in [1.29, 1.82) is 0 Å². The highest BCUT2D eigenvalue weighted by atomic mass is 35.5. The summed E-state index contributed by atoms with van der Waals surface area (Å²) in [6, 6.07) is 11.0. The summed E-state index contributed by atoms with van der Waals surface area (Å²) >= 11 is 16.8. The Balaban J connectivity index is 1.63. The number of aryl methyl sites for hydroxylation is 1. The fourth-order valence-corrected chi connectivity index (χ4v) is 3.99. The average Bonchev–Trinajstić information content (AvgIpc) is 3.11. The molecule has 1 unspecified atom stereocenters. The maximum absolute atomic E-state index is 11.8. The second-order valence-electron chi connectivity index (χ2n) is 6.04. The molecule has 0 spiro atoms. The number of oxime groups is 1. The number of hydrogen-bond donors (Lipinski definition) is 1. The average molecular weight is 378 g/mol. The molecule has 0 N–H and O–H groups in total. The van der Waals surface area contributed by atoms with Crippen LogP contribution in [0.3, 0.4) is 0 Å². The standard InChI is InChI=1S/C18H13Cl2NO2S/c19-13-6-12(7-14(20)8-13)18(24)9-16(21-23-18)11-1-3-15-10(5-11)2-4-17(15)22/h1,3,5-8,24H,2,4,9H2. The van der Waals surface area contributed by atoms with Crippen LogP contribution < -0.4 is 0 Å². The molecule has 4 rings (SSSR count). The number of benzene rings is 2.